The lowest BCUT2D eigenvalue weighted by Crippen LogP contribution is -2.40. The molecule has 17 heteroatoms. The highest BCUT2D eigenvalue weighted by atomic mass is 32.2. The lowest BCUT2D eigenvalue weighted by molar-refractivity contribution is -0.441. The number of carbonyl (C=O) groups is 1. The van der Waals surface area contributed by atoms with Crippen LogP contribution in [0.25, 0.3) is 0 Å². The highest BCUT2D eigenvalue weighted by molar-refractivity contribution is 7.89. The summed E-state index contributed by atoms with van der Waals surface area (Å²) in [5, 5.41) is 0. The number of alkyl halides is 9. The fraction of sp³-hybridized carbons (Fsp3) is 0.400. The van der Waals surface area contributed by atoms with E-state index < -0.39 is 71.3 Å². The third-order valence-corrected chi connectivity index (χ3v) is 6.99. The summed E-state index contributed by atoms with van der Waals surface area (Å²) >= 11 is -0.209. The van der Waals surface area contributed by atoms with Gasteiger partial charge in [-0.25, -0.2) is 4.39 Å². The summed E-state index contributed by atoms with van der Waals surface area (Å²) in [6, 6.07) is 5.22. The molecule has 0 radical (unpaired) electrons. The zero-order valence-electron chi connectivity index (χ0n) is 21.0. The number of ether oxygens (including phenoxy) is 1. The van der Waals surface area contributed by atoms with E-state index in [9.17, 15) is 48.7 Å². The van der Waals surface area contributed by atoms with Crippen LogP contribution in [0.5, 0.6) is 0 Å². The summed E-state index contributed by atoms with van der Waals surface area (Å²) in [6.45, 7) is 1.09. The summed E-state index contributed by atoms with van der Waals surface area (Å²) in [5.41, 5.74) is -3.07. The van der Waals surface area contributed by atoms with Crippen molar-refractivity contribution in [1.29, 1.82) is 0 Å². The van der Waals surface area contributed by atoms with Crippen LogP contribution in [0.3, 0.4) is 0 Å². The maximum atomic E-state index is 13.7. The van der Waals surface area contributed by atoms with Gasteiger partial charge in [-0.3, -0.25) is 4.79 Å². The van der Waals surface area contributed by atoms with Crippen molar-refractivity contribution in [2.45, 2.75) is 56.2 Å². The highest BCUT2D eigenvalue weighted by Crippen LogP contribution is 2.44. The van der Waals surface area contributed by atoms with E-state index in [4.69, 9.17) is 8.92 Å². The standard InChI is InChI=1S/C25H19F10NO5S/c1-12(14-6-15(23(27,28)29)8-16(7-14)24(30,31)32)38-20-11-36-19(22(20)13-2-4-17(26)5-3-13)9-18(10-21(36)37)39-42-41-40-25(33,34)35/h2-8,10,12,19-20,22H,9,11H2,1H3/t12-,19?,20+,22+/m1/s1. The molecule has 0 saturated carbocycles. The SMILES string of the molecule is C[C@@H](O[C@H]1CN2C(=O)C=C(OSOOC(F)(F)F)CC2[C@@H]1c1ccc(F)cc1)c1cc(C(F)(F)F)cc(C(F)(F)F)c1. The van der Waals surface area contributed by atoms with Crippen molar-refractivity contribution in [3.05, 3.63) is 82.4 Å². The molecule has 0 bridgehead atoms. The van der Waals surface area contributed by atoms with Crippen LogP contribution < -0.4 is 0 Å². The van der Waals surface area contributed by atoms with E-state index in [2.05, 4.69) is 9.22 Å². The molecule has 0 aliphatic carbocycles. The van der Waals surface area contributed by atoms with Gasteiger partial charge in [0.05, 0.1) is 23.3 Å². The van der Waals surface area contributed by atoms with Crippen molar-refractivity contribution < 1.29 is 66.8 Å². The molecule has 0 spiro atoms. The van der Waals surface area contributed by atoms with Crippen LogP contribution in [-0.2, 0) is 35.3 Å². The Hall–Kier alpha value is -3.02. The van der Waals surface area contributed by atoms with Gasteiger partial charge in [-0.15, -0.1) is 22.4 Å². The van der Waals surface area contributed by atoms with Gasteiger partial charge >= 0.3 is 18.7 Å². The molecule has 1 saturated heterocycles. The van der Waals surface area contributed by atoms with Crippen LogP contribution in [0.4, 0.5) is 43.9 Å². The number of amides is 1. The Kier molecular flexibility index (Phi) is 9.06. The molecule has 2 aromatic carbocycles. The maximum absolute atomic E-state index is 13.7. The van der Waals surface area contributed by atoms with Crippen LogP contribution in [0, 0.1) is 5.82 Å². The van der Waals surface area contributed by atoms with Gasteiger partial charge in [0.1, 0.15) is 11.6 Å². The Morgan fingerprint density at radius 2 is 1.52 bits per heavy atom. The van der Waals surface area contributed by atoms with Crippen molar-refractivity contribution in [2.24, 2.45) is 0 Å². The quantitative estimate of drug-likeness (QED) is 0.0978. The molecule has 4 atom stereocenters. The van der Waals surface area contributed by atoms with E-state index in [0.717, 1.165) is 18.2 Å². The van der Waals surface area contributed by atoms with Gasteiger partial charge in [-0.2, -0.15) is 26.3 Å². The monoisotopic (exact) mass is 635 g/mol. The summed E-state index contributed by atoms with van der Waals surface area (Å²) in [6.07, 6.45) is -16.8. The average molecular weight is 635 g/mol. The topological polar surface area (TPSA) is 57.2 Å². The number of nitrogens with zero attached hydrogens (tertiary/aromatic N) is 1. The van der Waals surface area contributed by atoms with Crippen molar-refractivity contribution in [2.75, 3.05) is 6.54 Å². The molecule has 2 aliphatic heterocycles. The zero-order chi connectivity index (χ0) is 31.0. The molecule has 2 aromatic rings. The fourth-order valence-corrected chi connectivity index (χ4v) is 5.17. The van der Waals surface area contributed by atoms with Gasteiger partial charge in [0.15, 0.2) is 0 Å². The normalized spacial score (nSPS) is 22.2. The fourth-order valence-electron chi connectivity index (χ4n) is 4.83. The number of hydrogen-bond acceptors (Lipinski definition) is 6. The van der Waals surface area contributed by atoms with Crippen molar-refractivity contribution in [3.63, 3.8) is 0 Å². The number of rotatable bonds is 8. The number of hydrogen-bond donors (Lipinski definition) is 0. The molecule has 0 N–H and O–H groups in total. The zero-order valence-corrected chi connectivity index (χ0v) is 21.8. The Morgan fingerprint density at radius 3 is 2.07 bits per heavy atom. The second kappa shape index (κ2) is 11.9. The summed E-state index contributed by atoms with van der Waals surface area (Å²) < 4.78 is 145. The summed E-state index contributed by atoms with van der Waals surface area (Å²) in [7, 11) is 0. The minimum Gasteiger partial charge on any atom is -0.403 e. The number of fused-ring (bicyclic) bond motifs is 1. The van der Waals surface area contributed by atoms with Crippen LogP contribution in [0.1, 0.15) is 47.6 Å². The molecular weight excluding hydrogens is 616 g/mol. The first-order valence-electron chi connectivity index (χ1n) is 11.9. The van der Waals surface area contributed by atoms with Gasteiger partial charge in [0.2, 0.25) is 5.91 Å². The Morgan fingerprint density at radius 1 is 0.929 bits per heavy atom. The van der Waals surface area contributed by atoms with Gasteiger partial charge in [0.25, 0.3) is 12.3 Å². The molecule has 1 fully saturated rings. The van der Waals surface area contributed by atoms with Crippen LogP contribution in [0.15, 0.2) is 54.3 Å². The molecule has 2 heterocycles. The third-order valence-electron chi connectivity index (χ3n) is 6.58. The molecule has 42 heavy (non-hydrogen) atoms. The Labute approximate surface area is 235 Å². The molecule has 230 valence electrons. The van der Waals surface area contributed by atoms with Crippen LogP contribution >= 0.6 is 12.3 Å². The van der Waals surface area contributed by atoms with E-state index in [1.54, 1.807) is 0 Å². The van der Waals surface area contributed by atoms with Crippen molar-refractivity contribution in [3.8, 4) is 0 Å². The number of carbonyl (C=O) groups excluding carboxylic acids is 1. The lowest BCUT2D eigenvalue weighted by atomic mass is 9.86. The van der Waals surface area contributed by atoms with Gasteiger partial charge in [0, 0.05) is 31.0 Å². The lowest BCUT2D eigenvalue weighted by Gasteiger charge is -2.32. The van der Waals surface area contributed by atoms with E-state index in [-0.39, 0.29) is 37.1 Å². The highest BCUT2D eigenvalue weighted by Gasteiger charge is 2.48. The molecule has 4 rings (SSSR count). The van der Waals surface area contributed by atoms with E-state index >= 15 is 0 Å². The molecule has 1 amide bonds. The first-order valence-corrected chi connectivity index (χ1v) is 12.6. The summed E-state index contributed by atoms with van der Waals surface area (Å²) in [4.78, 5) is 17.3. The van der Waals surface area contributed by atoms with Gasteiger partial charge in [-0.05, 0) is 48.4 Å². The van der Waals surface area contributed by atoms with E-state index in [1.807, 2.05) is 0 Å². The van der Waals surface area contributed by atoms with Crippen LogP contribution in [0.2, 0.25) is 0 Å². The Balaban J connectivity index is 1.60. The van der Waals surface area contributed by atoms with Gasteiger partial charge < -0.3 is 13.8 Å². The largest absolute Gasteiger partial charge is 0.550 e. The van der Waals surface area contributed by atoms with E-state index in [1.165, 1.54) is 24.0 Å². The second-order valence-electron chi connectivity index (χ2n) is 9.35. The van der Waals surface area contributed by atoms with E-state index in [0.29, 0.717) is 17.7 Å². The first-order chi connectivity index (χ1) is 19.4. The summed E-state index contributed by atoms with van der Waals surface area (Å²) in [5.74, 6) is -2.19. The molecular formula is C25H19F10NO5S. The molecule has 1 unspecified atom stereocenters. The average Bonchev–Trinajstić information content (AvgIpc) is 3.23. The van der Waals surface area contributed by atoms with Gasteiger partial charge in [-0.1, -0.05) is 12.1 Å². The van der Waals surface area contributed by atoms with Crippen LogP contribution in [-0.4, -0.2) is 35.9 Å². The smallest absolute Gasteiger partial charge is 0.403 e. The second-order valence-corrected chi connectivity index (χ2v) is 9.79. The first kappa shape index (κ1) is 31.9. The predicted molar refractivity (Wildman–Crippen MR) is 124 cm³/mol. The Bertz CT molecular complexity index is 1280. The van der Waals surface area contributed by atoms with Crippen molar-refractivity contribution in [1.82, 2.24) is 4.90 Å². The predicted octanol–water partition coefficient (Wildman–Crippen LogP) is 7.64. The molecule has 2 aliphatic rings. The molecule has 0 aromatic heterocycles. The number of halogens is 10. The molecule has 6 nitrogen and oxygen atoms in total. The maximum Gasteiger partial charge on any atom is 0.550 e. The minimum atomic E-state index is -5.12. The third kappa shape index (κ3) is 7.67. The number of benzene rings is 2. The van der Waals surface area contributed by atoms with Crippen molar-refractivity contribution >= 4 is 18.2 Å². The minimum absolute atomic E-state index is 0.0132.